The van der Waals surface area contributed by atoms with Crippen LogP contribution in [-0.2, 0) is 0 Å². The van der Waals surface area contributed by atoms with Gasteiger partial charge in [0.05, 0.1) is 0 Å². The summed E-state index contributed by atoms with van der Waals surface area (Å²) in [7, 11) is 4.01. The lowest BCUT2D eigenvalue weighted by Gasteiger charge is -2.26. The van der Waals surface area contributed by atoms with Gasteiger partial charge in [0.2, 0.25) is 0 Å². The fourth-order valence-corrected chi connectivity index (χ4v) is 2.47. The monoisotopic (exact) mass is 341 g/mol. The molecular formula is C15H24BrN3O. The molecule has 112 valence electrons. The molecule has 3 N–H and O–H groups in total. The molecule has 0 radical (unpaired) electrons. The molecule has 1 rings (SSSR count). The molecule has 0 aliphatic heterocycles. The predicted octanol–water partition coefficient (Wildman–Crippen LogP) is 2.66. The number of nitrogens with one attached hydrogen (secondary N) is 1. The van der Waals surface area contributed by atoms with Crippen molar-refractivity contribution < 1.29 is 4.79 Å². The molecular weight excluding hydrogens is 318 g/mol. The Morgan fingerprint density at radius 3 is 2.50 bits per heavy atom. The molecule has 1 atom stereocenters. The highest BCUT2D eigenvalue weighted by atomic mass is 79.9. The number of rotatable bonds is 5. The highest BCUT2D eigenvalue weighted by Crippen LogP contribution is 2.23. The van der Waals surface area contributed by atoms with E-state index in [-0.39, 0.29) is 11.9 Å². The van der Waals surface area contributed by atoms with E-state index in [1.165, 1.54) is 0 Å². The summed E-state index contributed by atoms with van der Waals surface area (Å²) in [5.41, 5.74) is 7.98. The van der Waals surface area contributed by atoms with Crippen LogP contribution < -0.4 is 11.1 Å². The van der Waals surface area contributed by atoms with E-state index < -0.39 is 0 Å². The fourth-order valence-electron chi connectivity index (χ4n) is 2.00. The first-order valence-electron chi connectivity index (χ1n) is 6.73. The number of likely N-dealkylation sites (N-methyl/N-ethyl adjacent to an activating group) is 1. The van der Waals surface area contributed by atoms with Crippen molar-refractivity contribution >= 4 is 27.5 Å². The molecule has 0 heterocycles. The minimum absolute atomic E-state index is 0.0731. The Hall–Kier alpha value is -1.07. The minimum atomic E-state index is -0.0731. The number of halogens is 1. The number of nitrogen functional groups attached to an aromatic ring is 1. The molecule has 20 heavy (non-hydrogen) atoms. The van der Waals surface area contributed by atoms with Gasteiger partial charge in [-0.05, 0) is 44.6 Å². The van der Waals surface area contributed by atoms with Crippen molar-refractivity contribution in [3.63, 3.8) is 0 Å². The van der Waals surface area contributed by atoms with Crippen LogP contribution in [0.25, 0.3) is 0 Å². The molecule has 1 amide bonds. The second-order valence-corrected chi connectivity index (χ2v) is 6.67. The van der Waals surface area contributed by atoms with Crippen LogP contribution in [0.2, 0.25) is 0 Å². The average Bonchev–Trinajstić information content (AvgIpc) is 2.32. The van der Waals surface area contributed by atoms with E-state index in [0.29, 0.717) is 17.2 Å². The van der Waals surface area contributed by atoms with Gasteiger partial charge in [-0.2, -0.15) is 0 Å². The Morgan fingerprint density at radius 2 is 2.00 bits per heavy atom. The molecule has 0 aliphatic carbocycles. The summed E-state index contributed by atoms with van der Waals surface area (Å²) in [6.07, 6.45) is 0. The normalized spacial score (nSPS) is 12.8. The smallest absolute Gasteiger partial charge is 0.251 e. The van der Waals surface area contributed by atoms with Gasteiger partial charge in [0.1, 0.15) is 0 Å². The van der Waals surface area contributed by atoms with E-state index in [4.69, 9.17) is 5.73 Å². The van der Waals surface area contributed by atoms with Crippen LogP contribution in [0.5, 0.6) is 0 Å². The van der Waals surface area contributed by atoms with E-state index in [9.17, 15) is 4.79 Å². The number of nitrogens with zero attached hydrogens (tertiary/aromatic N) is 1. The maximum Gasteiger partial charge on any atom is 0.251 e. The van der Waals surface area contributed by atoms with Crippen LogP contribution in [0.15, 0.2) is 16.6 Å². The van der Waals surface area contributed by atoms with Crippen molar-refractivity contribution in [3.8, 4) is 0 Å². The van der Waals surface area contributed by atoms with Crippen LogP contribution >= 0.6 is 15.9 Å². The van der Waals surface area contributed by atoms with Crippen LogP contribution in [0.1, 0.15) is 29.8 Å². The summed E-state index contributed by atoms with van der Waals surface area (Å²) < 4.78 is 0.819. The molecule has 0 spiro atoms. The third-order valence-corrected chi connectivity index (χ3v) is 3.80. The van der Waals surface area contributed by atoms with Crippen molar-refractivity contribution in [3.05, 3.63) is 27.7 Å². The molecule has 5 heteroatoms. The molecule has 0 bridgehead atoms. The summed E-state index contributed by atoms with van der Waals surface area (Å²) in [4.78, 5) is 14.5. The maximum atomic E-state index is 12.5. The molecule has 0 aromatic heterocycles. The first-order chi connectivity index (χ1) is 9.22. The number of benzene rings is 1. The molecule has 0 fully saturated rings. The molecule has 1 unspecified atom stereocenters. The Morgan fingerprint density at radius 1 is 1.40 bits per heavy atom. The van der Waals surface area contributed by atoms with Crippen LogP contribution in [0.3, 0.4) is 0 Å². The van der Waals surface area contributed by atoms with Crippen LogP contribution in [-0.4, -0.2) is 37.5 Å². The third kappa shape index (κ3) is 4.49. The number of carbonyl (C=O) groups is 1. The van der Waals surface area contributed by atoms with Gasteiger partial charge in [-0.25, -0.2) is 0 Å². The van der Waals surface area contributed by atoms with Gasteiger partial charge in [0, 0.05) is 28.3 Å². The number of hydrogen-bond acceptors (Lipinski definition) is 3. The maximum absolute atomic E-state index is 12.5. The van der Waals surface area contributed by atoms with Crippen molar-refractivity contribution in [2.75, 3.05) is 26.4 Å². The predicted molar refractivity (Wildman–Crippen MR) is 87.9 cm³/mol. The number of hydrogen-bond donors (Lipinski definition) is 2. The summed E-state index contributed by atoms with van der Waals surface area (Å²) in [6.45, 7) is 6.89. The molecule has 1 aromatic rings. The Labute approximate surface area is 129 Å². The molecule has 0 saturated heterocycles. The number of anilines is 1. The van der Waals surface area contributed by atoms with Crippen LogP contribution in [0.4, 0.5) is 5.69 Å². The Bertz CT molecular complexity index is 486. The van der Waals surface area contributed by atoms with Crippen LogP contribution in [0, 0.1) is 12.8 Å². The third-order valence-electron chi connectivity index (χ3n) is 3.34. The Balaban J connectivity index is 2.95. The van der Waals surface area contributed by atoms with Crippen molar-refractivity contribution in [1.82, 2.24) is 10.2 Å². The molecule has 0 aliphatic rings. The van der Waals surface area contributed by atoms with Gasteiger partial charge in [0.25, 0.3) is 5.91 Å². The topological polar surface area (TPSA) is 58.4 Å². The van der Waals surface area contributed by atoms with Crippen molar-refractivity contribution in [2.24, 2.45) is 5.92 Å². The van der Waals surface area contributed by atoms with Gasteiger partial charge < -0.3 is 16.0 Å². The van der Waals surface area contributed by atoms with Gasteiger partial charge in [-0.1, -0.05) is 29.8 Å². The largest absolute Gasteiger partial charge is 0.398 e. The second-order valence-electron chi connectivity index (χ2n) is 5.75. The lowest BCUT2D eigenvalue weighted by atomic mass is 10.0. The number of carbonyl (C=O) groups excluding carboxylic acids is 1. The molecule has 0 saturated carbocycles. The van der Waals surface area contributed by atoms with Gasteiger partial charge in [-0.15, -0.1) is 0 Å². The lowest BCUT2D eigenvalue weighted by Crippen LogP contribution is -2.45. The zero-order chi connectivity index (χ0) is 15.4. The van der Waals surface area contributed by atoms with Gasteiger partial charge in [-0.3, -0.25) is 4.79 Å². The summed E-state index contributed by atoms with van der Waals surface area (Å²) >= 11 is 3.38. The second kappa shape index (κ2) is 7.09. The molecule has 1 aromatic carbocycles. The minimum Gasteiger partial charge on any atom is -0.398 e. The number of amides is 1. The average molecular weight is 342 g/mol. The van der Waals surface area contributed by atoms with Crippen molar-refractivity contribution in [2.45, 2.75) is 26.8 Å². The highest BCUT2D eigenvalue weighted by Gasteiger charge is 2.19. The quantitative estimate of drug-likeness (QED) is 0.809. The lowest BCUT2D eigenvalue weighted by molar-refractivity contribution is 0.0916. The Kier molecular flexibility index (Phi) is 6.02. The van der Waals surface area contributed by atoms with Gasteiger partial charge >= 0.3 is 0 Å². The number of nitrogens with two attached hydrogens (primary N) is 1. The summed E-state index contributed by atoms with van der Waals surface area (Å²) in [5.74, 6) is 0.294. The highest BCUT2D eigenvalue weighted by molar-refractivity contribution is 9.10. The first-order valence-corrected chi connectivity index (χ1v) is 7.53. The van der Waals surface area contributed by atoms with Crippen molar-refractivity contribution in [1.29, 1.82) is 0 Å². The SMILES string of the molecule is Cc1c(N)cc(Br)cc1C(=O)NC(CN(C)C)C(C)C. The fraction of sp³-hybridized carbons (Fsp3) is 0.533. The first kappa shape index (κ1) is 17.0. The van der Waals surface area contributed by atoms with E-state index in [1.54, 1.807) is 0 Å². The standard InChI is InChI=1S/C15H24BrN3O/c1-9(2)14(8-19(4)5)18-15(20)12-6-11(16)7-13(17)10(12)3/h6-7,9,14H,8,17H2,1-5H3,(H,18,20). The zero-order valence-electron chi connectivity index (χ0n) is 12.8. The zero-order valence-corrected chi connectivity index (χ0v) is 14.4. The van der Waals surface area contributed by atoms with E-state index in [0.717, 1.165) is 16.6 Å². The van der Waals surface area contributed by atoms with Gasteiger partial charge in [0.15, 0.2) is 0 Å². The van der Waals surface area contributed by atoms with E-state index in [2.05, 4.69) is 40.0 Å². The van der Waals surface area contributed by atoms with E-state index in [1.807, 2.05) is 33.2 Å². The summed E-state index contributed by atoms with van der Waals surface area (Å²) in [6, 6.07) is 3.73. The molecule has 4 nitrogen and oxygen atoms in total. The van der Waals surface area contributed by atoms with E-state index >= 15 is 0 Å². The summed E-state index contributed by atoms with van der Waals surface area (Å²) in [5, 5.41) is 3.10.